The number of aromatic nitrogens is 2. The molecular formula is C20H15ClF4N4O3. The molecule has 0 bridgehead atoms. The average Bonchev–Trinajstić information content (AvgIpc) is 3.27. The molecule has 0 radical (unpaired) electrons. The molecule has 3 heterocycles. The number of anilines is 1. The highest BCUT2D eigenvalue weighted by atomic mass is 35.5. The summed E-state index contributed by atoms with van der Waals surface area (Å²) in [7, 11) is 0. The molecule has 0 spiro atoms. The maximum Gasteiger partial charge on any atom is 0.418 e. The molecule has 0 aliphatic carbocycles. The van der Waals surface area contributed by atoms with Crippen LogP contribution in [0.2, 0.25) is 5.02 Å². The van der Waals surface area contributed by atoms with Crippen LogP contribution in [-0.2, 0) is 22.3 Å². The number of halogens is 5. The first kappa shape index (κ1) is 22.0. The Hall–Kier alpha value is -3.18. The highest BCUT2D eigenvalue weighted by molar-refractivity contribution is 6.30. The van der Waals surface area contributed by atoms with Gasteiger partial charge in [-0.25, -0.2) is 9.37 Å². The van der Waals surface area contributed by atoms with Gasteiger partial charge in [0.05, 0.1) is 17.4 Å². The zero-order valence-corrected chi connectivity index (χ0v) is 16.9. The Balaban J connectivity index is 1.54. The third-order valence-corrected chi connectivity index (χ3v) is 5.40. The lowest BCUT2D eigenvalue weighted by Gasteiger charge is -2.22. The summed E-state index contributed by atoms with van der Waals surface area (Å²) < 4.78 is 53.0. The van der Waals surface area contributed by atoms with E-state index in [9.17, 15) is 32.3 Å². The Bertz CT molecular complexity index is 1210. The molecule has 12 heteroatoms. The Labute approximate surface area is 183 Å². The summed E-state index contributed by atoms with van der Waals surface area (Å²) in [5.74, 6) is -2.64. The summed E-state index contributed by atoms with van der Waals surface area (Å²) in [6, 6.07) is 4.75. The van der Waals surface area contributed by atoms with Gasteiger partial charge < -0.3 is 20.3 Å². The predicted molar refractivity (Wildman–Crippen MR) is 106 cm³/mol. The molecule has 4 rings (SSSR count). The number of rotatable bonds is 4. The van der Waals surface area contributed by atoms with E-state index in [1.54, 1.807) is 0 Å². The summed E-state index contributed by atoms with van der Waals surface area (Å²) in [5.41, 5.74) is -3.08. The molecule has 1 saturated heterocycles. The average molecular weight is 471 g/mol. The Morgan fingerprint density at radius 3 is 2.75 bits per heavy atom. The van der Waals surface area contributed by atoms with E-state index in [0.717, 1.165) is 29.3 Å². The predicted octanol–water partition coefficient (Wildman–Crippen LogP) is 3.16. The Morgan fingerprint density at radius 1 is 1.31 bits per heavy atom. The van der Waals surface area contributed by atoms with E-state index < -0.39 is 35.0 Å². The summed E-state index contributed by atoms with van der Waals surface area (Å²) in [4.78, 5) is 32.7. The van der Waals surface area contributed by atoms with Crippen molar-refractivity contribution in [2.45, 2.75) is 24.7 Å². The molecule has 0 saturated carbocycles. The minimum atomic E-state index is -4.63. The van der Waals surface area contributed by atoms with Crippen LogP contribution in [0.5, 0.6) is 0 Å². The number of amides is 2. The molecule has 1 unspecified atom stereocenters. The first-order valence-electron chi connectivity index (χ1n) is 9.31. The van der Waals surface area contributed by atoms with Crippen LogP contribution < -0.4 is 10.2 Å². The Kier molecular flexibility index (Phi) is 5.33. The van der Waals surface area contributed by atoms with Crippen molar-refractivity contribution >= 4 is 40.1 Å². The number of hydrogen-bond donors (Lipinski definition) is 3. The molecule has 1 aliphatic rings. The van der Waals surface area contributed by atoms with Gasteiger partial charge in [-0.15, -0.1) is 0 Å². The lowest BCUT2D eigenvalue weighted by Crippen LogP contribution is -2.52. The number of nitrogens with zero attached hydrogens (tertiary/aromatic N) is 2. The fourth-order valence-corrected chi connectivity index (χ4v) is 3.82. The van der Waals surface area contributed by atoms with Crippen molar-refractivity contribution in [3.8, 4) is 0 Å². The van der Waals surface area contributed by atoms with E-state index in [-0.39, 0.29) is 41.3 Å². The molecular weight excluding hydrogens is 456 g/mol. The molecule has 32 heavy (non-hydrogen) atoms. The largest absolute Gasteiger partial charge is 0.418 e. The summed E-state index contributed by atoms with van der Waals surface area (Å²) in [6.07, 6.45) is -2.97. The van der Waals surface area contributed by atoms with Crippen molar-refractivity contribution in [1.29, 1.82) is 0 Å². The number of aliphatic hydroxyl groups is 1. The fraction of sp³-hybridized carbons (Fsp3) is 0.250. The Morgan fingerprint density at radius 2 is 2.06 bits per heavy atom. The minimum absolute atomic E-state index is 0.00763. The van der Waals surface area contributed by atoms with Crippen LogP contribution in [0.25, 0.3) is 11.0 Å². The molecule has 2 amide bonds. The van der Waals surface area contributed by atoms with Crippen LogP contribution in [0.4, 0.5) is 23.2 Å². The molecule has 2 aromatic heterocycles. The van der Waals surface area contributed by atoms with Crippen LogP contribution in [0.15, 0.2) is 36.7 Å². The van der Waals surface area contributed by atoms with Gasteiger partial charge in [0.2, 0.25) is 5.60 Å². The normalized spacial score (nSPS) is 19.1. The number of hydrogen-bond acceptors (Lipinski definition) is 4. The van der Waals surface area contributed by atoms with Crippen molar-refractivity contribution in [3.63, 3.8) is 0 Å². The number of fused-ring (bicyclic) bond motifs is 1. The van der Waals surface area contributed by atoms with Gasteiger partial charge in [-0.1, -0.05) is 11.6 Å². The SMILES string of the molecule is O=C(NCc1cc(F)cc(Cl)c1)C1(O)CCN(c2cnc3[nH]cc(C(F)(F)F)c3c2)C1=O. The van der Waals surface area contributed by atoms with Gasteiger partial charge in [0, 0.05) is 36.1 Å². The molecule has 1 aliphatic heterocycles. The fourth-order valence-electron chi connectivity index (χ4n) is 3.58. The third-order valence-electron chi connectivity index (χ3n) is 5.18. The number of benzene rings is 1. The van der Waals surface area contributed by atoms with Gasteiger partial charge in [-0.3, -0.25) is 9.59 Å². The maximum absolute atomic E-state index is 13.4. The van der Waals surface area contributed by atoms with Crippen molar-refractivity contribution in [1.82, 2.24) is 15.3 Å². The zero-order valence-electron chi connectivity index (χ0n) is 16.1. The molecule has 168 valence electrons. The lowest BCUT2D eigenvalue weighted by atomic mass is 10.0. The molecule has 3 N–H and O–H groups in total. The summed E-state index contributed by atoms with van der Waals surface area (Å²) in [6.45, 7) is -0.314. The van der Waals surface area contributed by atoms with Crippen LogP contribution in [0.3, 0.4) is 0 Å². The summed E-state index contributed by atoms with van der Waals surface area (Å²) in [5, 5.41) is 12.9. The highest BCUT2D eigenvalue weighted by Gasteiger charge is 2.51. The second-order valence-corrected chi connectivity index (χ2v) is 7.75. The van der Waals surface area contributed by atoms with Crippen molar-refractivity contribution in [2.24, 2.45) is 0 Å². The maximum atomic E-state index is 13.4. The molecule has 7 nitrogen and oxygen atoms in total. The third kappa shape index (κ3) is 3.89. The van der Waals surface area contributed by atoms with Gasteiger partial charge >= 0.3 is 6.18 Å². The molecule has 1 aromatic carbocycles. The van der Waals surface area contributed by atoms with Gasteiger partial charge in [0.1, 0.15) is 11.5 Å². The van der Waals surface area contributed by atoms with Crippen LogP contribution in [0.1, 0.15) is 17.5 Å². The summed E-state index contributed by atoms with van der Waals surface area (Å²) >= 11 is 5.76. The smallest absolute Gasteiger partial charge is 0.372 e. The topological polar surface area (TPSA) is 98.3 Å². The first-order valence-corrected chi connectivity index (χ1v) is 9.69. The zero-order chi connectivity index (χ0) is 23.3. The quantitative estimate of drug-likeness (QED) is 0.403. The van der Waals surface area contributed by atoms with E-state index in [2.05, 4.69) is 15.3 Å². The monoisotopic (exact) mass is 470 g/mol. The van der Waals surface area contributed by atoms with E-state index in [1.807, 2.05) is 0 Å². The van der Waals surface area contributed by atoms with Crippen molar-refractivity contribution < 1.29 is 32.3 Å². The van der Waals surface area contributed by atoms with Crippen molar-refractivity contribution in [2.75, 3.05) is 11.4 Å². The number of carbonyl (C=O) groups excluding carboxylic acids is 2. The van der Waals surface area contributed by atoms with E-state index in [4.69, 9.17) is 11.6 Å². The van der Waals surface area contributed by atoms with Crippen LogP contribution in [0, 0.1) is 5.82 Å². The second-order valence-electron chi connectivity index (χ2n) is 7.32. The van der Waals surface area contributed by atoms with Crippen molar-refractivity contribution in [3.05, 3.63) is 58.6 Å². The number of aromatic amines is 1. The number of nitrogens with one attached hydrogen (secondary N) is 2. The standard InChI is InChI=1S/C20H15ClF4N4O3/c21-11-3-10(4-12(22)5-11)7-28-17(30)19(32)1-2-29(18(19)31)13-6-14-15(20(23,24)25)9-27-16(14)26-8-13/h3-6,8-9,32H,1-2,7H2,(H,26,27)(H,28,30). The highest BCUT2D eigenvalue weighted by Crippen LogP contribution is 2.37. The minimum Gasteiger partial charge on any atom is -0.372 e. The van der Waals surface area contributed by atoms with Crippen LogP contribution >= 0.6 is 11.6 Å². The van der Waals surface area contributed by atoms with E-state index in [1.165, 1.54) is 12.3 Å². The second kappa shape index (κ2) is 7.75. The van der Waals surface area contributed by atoms with Gasteiger partial charge in [0.15, 0.2) is 0 Å². The molecule has 3 aromatic rings. The number of H-pyrrole nitrogens is 1. The first-order chi connectivity index (χ1) is 15.0. The lowest BCUT2D eigenvalue weighted by molar-refractivity contribution is -0.149. The molecule has 1 atom stereocenters. The number of alkyl halides is 3. The van der Waals surface area contributed by atoms with E-state index in [0.29, 0.717) is 5.56 Å². The van der Waals surface area contributed by atoms with Gasteiger partial charge in [-0.2, -0.15) is 13.2 Å². The van der Waals surface area contributed by atoms with Crippen LogP contribution in [-0.4, -0.2) is 39.0 Å². The van der Waals surface area contributed by atoms with Gasteiger partial charge in [0.25, 0.3) is 11.8 Å². The van der Waals surface area contributed by atoms with Gasteiger partial charge in [-0.05, 0) is 29.8 Å². The molecule has 1 fully saturated rings. The van der Waals surface area contributed by atoms with E-state index >= 15 is 0 Å². The number of pyridine rings is 1. The number of carbonyl (C=O) groups is 2.